The van der Waals surface area contributed by atoms with Crippen molar-refractivity contribution in [1.29, 1.82) is 0 Å². The van der Waals surface area contributed by atoms with Crippen LogP contribution in [0, 0.1) is 0 Å². The van der Waals surface area contributed by atoms with Gasteiger partial charge in [-0.2, -0.15) is 4.98 Å². The zero-order valence-electron chi connectivity index (χ0n) is 6.47. The highest BCUT2D eigenvalue weighted by Crippen LogP contribution is 2.11. The third-order valence-electron chi connectivity index (χ3n) is 1.44. The number of H-pyrrole nitrogens is 1. The first-order valence-electron chi connectivity index (χ1n) is 3.32. The van der Waals surface area contributed by atoms with Gasteiger partial charge in [0.25, 0.3) is 0 Å². The van der Waals surface area contributed by atoms with Crippen LogP contribution in [-0.2, 0) is 0 Å². The molecule has 0 unspecified atom stereocenters. The van der Waals surface area contributed by atoms with Crippen molar-refractivity contribution in [3.05, 3.63) is 0 Å². The Kier molecular flexibility index (Phi) is 1.32. The molecule has 68 valence electrons. The second kappa shape index (κ2) is 2.33. The van der Waals surface area contributed by atoms with Gasteiger partial charge in [0.15, 0.2) is 5.82 Å². The van der Waals surface area contributed by atoms with Crippen molar-refractivity contribution >= 4 is 11.9 Å². The molecule has 0 radical (unpaired) electrons. The molecule has 0 atom stereocenters. The largest absolute Gasteiger partial charge is 0.366 e. The fourth-order valence-electron chi connectivity index (χ4n) is 0.840. The number of hydrogen-bond acceptors (Lipinski definition) is 7. The van der Waals surface area contributed by atoms with E-state index >= 15 is 0 Å². The van der Waals surface area contributed by atoms with Crippen LogP contribution in [0.1, 0.15) is 0 Å². The third kappa shape index (κ3) is 1.02. The van der Waals surface area contributed by atoms with Gasteiger partial charge in [-0.3, -0.25) is 5.10 Å². The summed E-state index contributed by atoms with van der Waals surface area (Å²) in [5, 5.41) is 13.3. The number of rotatable bonds is 1. The first kappa shape index (κ1) is 7.34. The van der Waals surface area contributed by atoms with Crippen LogP contribution in [0.4, 0.5) is 11.9 Å². The predicted octanol–water partition coefficient (Wildman–Crippen LogP) is -2.06. The van der Waals surface area contributed by atoms with Gasteiger partial charge in [0.1, 0.15) is 0 Å². The van der Waals surface area contributed by atoms with Gasteiger partial charge in [-0.25, -0.2) is 4.68 Å². The number of hydrogen-bond donors (Lipinski definition) is 4. The molecule has 0 spiro atoms. The fourth-order valence-corrected chi connectivity index (χ4v) is 0.840. The summed E-state index contributed by atoms with van der Waals surface area (Å²) in [6, 6.07) is 0. The molecule has 9 heteroatoms. The summed E-state index contributed by atoms with van der Waals surface area (Å²) >= 11 is 0. The van der Waals surface area contributed by atoms with Gasteiger partial charge in [0.2, 0.25) is 17.7 Å². The zero-order chi connectivity index (χ0) is 9.42. The second-order valence-corrected chi connectivity index (χ2v) is 2.29. The van der Waals surface area contributed by atoms with E-state index in [4.69, 9.17) is 17.3 Å². The maximum absolute atomic E-state index is 5.48. The van der Waals surface area contributed by atoms with Crippen molar-refractivity contribution in [2.45, 2.75) is 0 Å². The van der Waals surface area contributed by atoms with E-state index < -0.39 is 0 Å². The summed E-state index contributed by atoms with van der Waals surface area (Å²) in [7, 11) is 0. The lowest BCUT2D eigenvalue weighted by Gasteiger charge is -1.95. The molecule has 0 fully saturated rings. The van der Waals surface area contributed by atoms with E-state index in [0.29, 0.717) is 5.82 Å². The number of aromatic amines is 1. The Morgan fingerprint density at radius 2 is 2.00 bits per heavy atom. The van der Waals surface area contributed by atoms with Crippen LogP contribution in [0.2, 0.25) is 0 Å². The first-order valence-corrected chi connectivity index (χ1v) is 3.32. The molecule has 0 saturated carbocycles. The van der Waals surface area contributed by atoms with E-state index in [1.165, 1.54) is 0 Å². The van der Waals surface area contributed by atoms with Crippen LogP contribution in [-0.4, -0.2) is 30.1 Å². The zero-order valence-corrected chi connectivity index (χ0v) is 6.47. The van der Waals surface area contributed by atoms with Crippen LogP contribution < -0.4 is 17.3 Å². The van der Waals surface area contributed by atoms with Gasteiger partial charge < -0.3 is 17.3 Å². The average molecular weight is 181 g/mol. The van der Waals surface area contributed by atoms with Gasteiger partial charge in [0, 0.05) is 0 Å². The molecule has 0 saturated heterocycles. The van der Waals surface area contributed by atoms with Gasteiger partial charge in [-0.1, -0.05) is 0 Å². The number of nitrogens with two attached hydrogens (primary N) is 3. The van der Waals surface area contributed by atoms with Crippen molar-refractivity contribution < 1.29 is 0 Å². The Labute approximate surface area is 71.9 Å². The van der Waals surface area contributed by atoms with Gasteiger partial charge in [-0.15, -0.1) is 15.3 Å². The predicted molar refractivity (Wildman–Crippen MR) is 44.4 cm³/mol. The Balaban J connectivity index is 2.52. The molecule has 9 nitrogen and oxygen atoms in total. The molecular weight excluding hydrogens is 174 g/mol. The summed E-state index contributed by atoms with van der Waals surface area (Å²) in [4.78, 5) is 3.81. The van der Waals surface area contributed by atoms with Crippen LogP contribution in [0.25, 0.3) is 11.6 Å². The number of anilines is 2. The monoisotopic (exact) mass is 181 g/mol. The second-order valence-electron chi connectivity index (χ2n) is 2.29. The minimum Gasteiger partial charge on any atom is -0.366 e. The van der Waals surface area contributed by atoms with Crippen molar-refractivity contribution in [3.8, 4) is 11.6 Å². The highest BCUT2D eigenvalue weighted by Gasteiger charge is 2.12. The van der Waals surface area contributed by atoms with Crippen LogP contribution in [0.5, 0.6) is 0 Å². The SMILES string of the molecule is Nc1n[nH]c(-c2nnc(N)n2N)n1. The average Bonchev–Trinajstić information content (AvgIpc) is 2.62. The molecular formula is C4H7N9. The molecule has 0 aliphatic heterocycles. The van der Waals surface area contributed by atoms with Crippen LogP contribution >= 0.6 is 0 Å². The van der Waals surface area contributed by atoms with E-state index in [0.717, 1.165) is 4.68 Å². The number of nitrogens with one attached hydrogen (secondary N) is 1. The van der Waals surface area contributed by atoms with Crippen molar-refractivity contribution in [2.75, 3.05) is 17.3 Å². The summed E-state index contributed by atoms with van der Waals surface area (Å²) in [5.74, 6) is 6.28. The number of aromatic nitrogens is 6. The lowest BCUT2D eigenvalue weighted by atomic mass is 10.6. The molecule has 13 heavy (non-hydrogen) atoms. The maximum atomic E-state index is 5.48. The molecule has 7 N–H and O–H groups in total. The molecule has 0 aliphatic carbocycles. The van der Waals surface area contributed by atoms with Crippen molar-refractivity contribution in [3.63, 3.8) is 0 Å². The Bertz CT molecular complexity index is 425. The molecule has 2 rings (SSSR count). The normalized spacial score (nSPS) is 10.5. The smallest absolute Gasteiger partial charge is 0.241 e. The van der Waals surface area contributed by atoms with E-state index in [1.54, 1.807) is 0 Å². The number of nitrogen functional groups attached to an aromatic ring is 3. The summed E-state index contributed by atoms with van der Waals surface area (Å²) in [5.41, 5.74) is 10.6. The molecule has 2 aromatic rings. The molecule has 0 amide bonds. The molecule has 2 heterocycles. The van der Waals surface area contributed by atoms with Crippen LogP contribution in [0.3, 0.4) is 0 Å². The van der Waals surface area contributed by atoms with Crippen molar-refractivity contribution in [1.82, 2.24) is 30.1 Å². The molecule has 2 aromatic heterocycles. The van der Waals surface area contributed by atoms with Crippen LogP contribution in [0.15, 0.2) is 0 Å². The van der Waals surface area contributed by atoms with E-state index in [1.807, 2.05) is 0 Å². The summed E-state index contributed by atoms with van der Waals surface area (Å²) in [6.45, 7) is 0. The minimum absolute atomic E-state index is 0.0879. The van der Waals surface area contributed by atoms with Gasteiger partial charge in [0.05, 0.1) is 0 Å². The Morgan fingerprint density at radius 1 is 1.23 bits per heavy atom. The summed E-state index contributed by atoms with van der Waals surface area (Å²) in [6.07, 6.45) is 0. The van der Waals surface area contributed by atoms with Gasteiger partial charge in [-0.05, 0) is 0 Å². The fraction of sp³-hybridized carbons (Fsp3) is 0. The summed E-state index contributed by atoms with van der Waals surface area (Å²) < 4.78 is 1.08. The Hall–Kier alpha value is -2.32. The Morgan fingerprint density at radius 3 is 2.46 bits per heavy atom. The third-order valence-corrected chi connectivity index (χ3v) is 1.44. The minimum atomic E-state index is 0.0879. The molecule has 0 aromatic carbocycles. The highest BCUT2D eigenvalue weighted by molar-refractivity contribution is 5.47. The van der Waals surface area contributed by atoms with Gasteiger partial charge >= 0.3 is 0 Å². The molecule has 0 bridgehead atoms. The van der Waals surface area contributed by atoms with E-state index in [2.05, 4.69) is 25.4 Å². The quantitative estimate of drug-likeness (QED) is 0.369. The maximum Gasteiger partial charge on any atom is 0.241 e. The van der Waals surface area contributed by atoms with Crippen molar-refractivity contribution in [2.24, 2.45) is 0 Å². The number of nitrogens with zero attached hydrogens (tertiary/aromatic N) is 5. The lowest BCUT2D eigenvalue weighted by molar-refractivity contribution is 0.987. The molecule has 0 aliphatic rings. The lowest BCUT2D eigenvalue weighted by Crippen LogP contribution is -2.13. The van der Waals surface area contributed by atoms with E-state index in [9.17, 15) is 0 Å². The topological polar surface area (TPSA) is 150 Å². The standard InChI is InChI=1S/C4H7N9/c5-3-8-1(9-11-3)2-10-12-4(6)13(2)7/h7H2,(H2,6,12)(H3,5,8,9,11). The highest BCUT2D eigenvalue weighted by atomic mass is 15.5. The van der Waals surface area contributed by atoms with E-state index in [-0.39, 0.29) is 17.7 Å². The first-order chi connectivity index (χ1) is 6.18.